The molecule has 0 bridgehead atoms. The summed E-state index contributed by atoms with van der Waals surface area (Å²) in [6.07, 6.45) is 0.656. The monoisotopic (exact) mass is 427 g/mol. The Morgan fingerprint density at radius 2 is 2.14 bits per heavy atom. The van der Waals surface area contributed by atoms with Gasteiger partial charge in [0.15, 0.2) is 16.1 Å². The van der Waals surface area contributed by atoms with Crippen LogP contribution in [0.15, 0.2) is 0 Å². The number of carboxylic acids is 1. The number of carboxylic acid groups (broad SMARTS) is 1. The molecule has 0 radical (unpaired) electrons. The summed E-state index contributed by atoms with van der Waals surface area (Å²) in [5.74, 6) is -0.990. The Balaban J connectivity index is 1.72. The smallest absolute Gasteiger partial charge is 0.347 e. The second kappa shape index (κ2) is 8.46. The number of nitrogens with zero attached hydrogens (tertiary/aromatic N) is 4. The molecule has 9 nitrogen and oxygen atoms in total. The summed E-state index contributed by atoms with van der Waals surface area (Å²) in [4.78, 5) is 39.6. The van der Waals surface area contributed by atoms with Gasteiger partial charge >= 0.3 is 5.97 Å². The van der Waals surface area contributed by atoms with Crippen molar-refractivity contribution in [1.82, 2.24) is 19.9 Å². The minimum Gasteiger partial charge on any atom is -0.477 e. The normalized spacial score (nSPS) is 14.2. The van der Waals surface area contributed by atoms with Gasteiger partial charge in [0.2, 0.25) is 0 Å². The predicted molar refractivity (Wildman–Crippen MR) is 106 cm³/mol. The van der Waals surface area contributed by atoms with Crippen LogP contribution >= 0.6 is 22.9 Å². The Morgan fingerprint density at radius 3 is 2.68 bits per heavy atom. The Morgan fingerprint density at radius 1 is 1.43 bits per heavy atom. The van der Waals surface area contributed by atoms with E-state index in [0.717, 1.165) is 17.0 Å². The number of hydrogen-bond acceptors (Lipinski definition) is 7. The fourth-order valence-corrected chi connectivity index (χ4v) is 4.21. The lowest BCUT2D eigenvalue weighted by Gasteiger charge is -2.45. The number of methoxy groups -OCH3 is 1. The highest BCUT2D eigenvalue weighted by Crippen LogP contribution is 2.31. The van der Waals surface area contributed by atoms with Crippen molar-refractivity contribution in [2.75, 3.05) is 38.3 Å². The fraction of sp³-hybridized carbons (Fsp3) is 0.529. The van der Waals surface area contributed by atoms with Crippen LogP contribution in [0.1, 0.15) is 38.6 Å². The lowest BCUT2D eigenvalue weighted by molar-refractivity contribution is 0.0552. The number of carbonyl (C=O) groups excluding carboxylic acids is 1. The quantitative estimate of drug-likeness (QED) is 0.663. The number of halogens is 1. The van der Waals surface area contributed by atoms with Crippen molar-refractivity contribution >= 4 is 39.9 Å². The SMILES string of the molecule is CCc1[nH]c(C(=O)N(CCOC)C2CN(c3nc(C)c(C(=O)O)s3)C2)nc1Cl. The van der Waals surface area contributed by atoms with Gasteiger partial charge in [0.05, 0.1) is 24.0 Å². The average molecular weight is 428 g/mol. The first-order chi connectivity index (χ1) is 13.3. The van der Waals surface area contributed by atoms with Crippen molar-refractivity contribution in [2.24, 2.45) is 0 Å². The van der Waals surface area contributed by atoms with Gasteiger partial charge in [-0.1, -0.05) is 29.9 Å². The maximum absolute atomic E-state index is 13.0. The van der Waals surface area contributed by atoms with Gasteiger partial charge in [0, 0.05) is 26.7 Å². The molecule has 0 aliphatic carbocycles. The molecule has 0 unspecified atom stereocenters. The van der Waals surface area contributed by atoms with Crippen molar-refractivity contribution < 1.29 is 19.4 Å². The molecule has 0 atom stereocenters. The molecule has 1 saturated heterocycles. The molecule has 2 N–H and O–H groups in total. The van der Waals surface area contributed by atoms with Crippen LogP contribution in [-0.2, 0) is 11.2 Å². The largest absolute Gasteiger partial charge is 0.477 e. The minimum atomic E-state index is -0.975. The zero-order chi connectivity index (χ0) is 20.4. The number of anilines is 1. The topological polar surface area (TPSA) is 112 Å². The first-order valence-electron chi connectivity index (χ1n) is 8.85. The van der Waals surface area contributed by atoms with E-state index in [2.05, 4.69) is 15.0 Å². The Bertz CT molecular complexity index is 877. The molecule has 0 spiro atoms. The van der Waals surface area contributed by atoms with Crippen molar-refractivity contribution in [3.63, 3.8) is 0 Å². The highest BCUT2D eigenvalue weighted by molar-refractivity contribution is 7.17. The molecule has 28 heavy (non-hydrogen) atoms. The summed E-state index contributed by atoms with van der Waals surface area (Å²) in [5.41, 5.74) is 1.23. The number of H-pyrrole nitrogens is 1. The number of rotatable bonds is 8. The number of ether oxygens (including phenoxy) is 1. The van der Waals surface area contributed by atoms with Crippen LogP contribution < -0.4 is 4.90 Å². The number of aromatic carboxylic acids is 1. The third kappa shape index (κ3) is 3.98. The number of aryl methyl sites for hydroxylation is 2. The summed E-state index contributed by atoms with van der Waals surface area (Å²) >= 11 is 7.22. The van der Waals surface area contributed by atoms with Crippen LogP contribution in [0.5, 0.6) is 0 Å². The van der Waals surface area contributed by atoms with E-state index >= 15 is 0 Å². The van der Waals surface area contributed by atoms with Crippen LogP contribution in [0.4, 0.5) is 5.13 Å². The second-order valence-corrected chi connectivity index (χ2v) is 7.81. The standard InChI is InChI=1S/C17H22ClN5O4S/c1-4-11-13(18)21-14(20-11)15(24)23(5-6-27-3)10-7-22(8-10)17-19-9(2)12(28-17)16(25)26/h10H,4-8H2,1-3H3,(H,20,21)(H,25,26). The molecule has 2 aromatic heterocycles. The van der Waals surface area contributed by atoms with Crippen molar-refractivity contribution in [3.05, 3.63) is 27.2 Å². The second-order valence-electron chi connectivity index (χ2n) is 6.47. The third-order valence-corrected chi connectivity index (χ3v) is 6.15. The number of imidazole rings is 1. The molecule has 3 heterocycles. The zero-order valence-electron chi connectivity index (χ0n) is 15.9. The van der Waals surface area contributed by atoms with Crippen LogP contribution in [0.2, 0.25) is 5.15 Å². The maximum Gasteiger partial charge on any atom is 0.347 e. The van der Waals surface area contributed by atoms with E-state index < -0.39 is 5.97 Å². The van der Waals surface area contributed by atoms with Gasteiger partial charge in [-0.15, -0.1) is 0 Å². The summed E-state index contributed by atoms with van der Waals surface area (Å²) in [7, 11) is 1.58. The number of amides is 1. The number of aromatic nitrogens is 3. The summed E-state index contributed by atoms with van der Waals surface area (Å²) in [6, 6.07) is -0.0471. The zero-order valence-corrected chi connectivity index (χ0v) is 17.4. The average Bonchev–Trinajstić information content (AvgIpc) is 3.18. The van der Waals surface area contributed by atoms with Gasteiger partial charge in [-0.3, -0.25) is 4.79 Å². The summed E-state index contributed by atoms with van der Waals surface area (Å²) < 4.78 is 5.14. The summed E-state index contributed by atoms with van der Waals surface area (Å²) in [6.45, 7) is 5.57. The molecule has 2 aromatic rings. The van der Waals surface area contributed by atoms with Gasteiger partial charge in [-0.25, -0.2) is 14.8 Å². The number of thiazole rings is 1. The lowest BCUT2D eigenvalue weighted by atomic mass is 10.1. The van der Waals surface area contributed by atoms with Gasteiger partial charge in [0.25, 0.3) is 5.91 Å². The molecule has 11 heteroatoms. The van der Waals surface area contributed by atoms with Crippen molar-refractivity contribution in [1.29, 1.82) is 0 Å². The van der Waals surface area contributed by atoms with E-state index in [0.29, 0.717) is 48.6 Å². The molecular weight excluding hydrogens is 406 g/mol. The lowest BCUT2D eigenvalue weighted by Crippen LogP contribution is -2.61. The van der Waals surface area contributed by atoms with Crippen LogP contribution in [0.25, 0.3) is 0 Å². The highest BCUT2D eigenvalue weighted by Gasteiger charge is 2.37. The van der Waals surface area contributed by atoms with Gasteiger partial charge in [0.1, 0.15) is 4.88 Å². The van der Waals surface area contributed by atoms with Gasteiger partial charge in [-0.05, 0) is 13.3 Å². The van der Waals surface area contributed by atoms with Gasteiger partial charge < -0.3 is 24.6 Å². The molecule has 1 amide bonds. The molecule has 1 fully saturated rings. The van der Waals surface area contributed by atoms with E-state index in [1.165, 1.54) is 0 Å². The van der Waals surface area contributed by atoms with E-state index in [1.54, 1.807) is 18.9 Å². The Labute approximate surface area is 171 Å². The number of carbonyl (C=O) groups is 2. The maximum atomic E-state index is 13.0. The third-order valence-electron chi connectivity index (χ3n) is 4.63. The number of aromatic amines is 1. The van der Waals surface area contributed by atoms with E-state index in [9.17, 15) is 14.7 Å². The van der Waals surface area contributed by atoms with Crippen LogP contribution in [-0.4, -0.2) is 76.2 Å². The first kappa shape index (κ1) is 20.6. The molecule has 0 aromatic carbocycles. The predicted octanol–water partition coefficient (Wildman–Crippen LogP) is 2.07. The van der Waals surface area contributed by atoms with Crippen molar-refractivity contribution in [3.8, 4) is 0 Å². The molecule has 0 saturated carbocycles. The van der Waals surface area contributed by atoms with Crippen molar-refractivity contribution in [2.45, 2.75) is 26.3 Å². The first-order valence-corrected chi connectivity index (χ1v) is 10.0. The van der Waals surface area contributed by atoms with E-state index in [4.69, 9.17) is 16.3 Å². The Hall–Kier alpha value is -2.17. The Kier molecular flexibility index (Phi) is 6.21. The number of hydrogen-bond donors (Lipinski definition) is 2. The molecular formula is C17H22ClN5O4S. The van der Waals surface area contributed by atoms with E-state index in [-0.39, 0.29) is 22.7 Å². The molecule has 3 rings (SSSR count). The fourth-order valence-electron chi connectivity index (χ4n) is 3.02. The minimum absolute atomic E-state index is 0.0471. The van der Waals surface area contributed by atoms with E-state index in [1.807, 2.05) is 11.8 Å². The van der Waals surface area contributed by atoms with Crippen LogP contribution in [0.3, 0.4) is 0 Å². The number of nitrogens with one attached hydrogen (secondary N) is 1. The molecule has 1 aliphatic rings. The molecule has 1 aliphatic heterocycles. The molecule has 152 valence electrons. The van der Waals surface area contributed by atoms with Gasteiger partial charge in [-0.2, -0.15) is 0 Å². The summed E-state index contributed by atoms with van der Waals surface area (Å²) in [5, 5.41) is 10.2. The van der Waals surface area contributed by atoms with Crippen LogP contribution in [0, 0.1) is 6.92 Å². The highest BCUT2D eigenvalue weighted by atomic mass is 35.5.